The lowest BCUT2D eigenvalue weighted by Gasteiger charge is -2.07. The molecule has 0 bridgehead atoms. The molecule has 0 radical (unpaired) electrons. The SMILES string of the molecule is COc1ccc(CNCc2cn(C)nc2C)cc1Br. The maximum Gasteiger partial charge on any atom is 0.133 e. The summed E-state index contributed by atoms with van der Waals surface area (Å²) in [6.07, 6.45) is 2.05. The number of benzene rings is 1. The molecule has 0 spiro atoms. The van der Waals surface area contributed by atoms with Crippen molar-refractivity contribution in [1.82, 2.24) is 15.1 Å². The number of nitrogens with one attached hydrogen (secondary N) is 1. The van der Waals surface area contributed by atoms with E-state index >= 15 is 0 Å². The summed E-state index contributed by atoms with van der Waals surface area (Å²) >= 11 is 3.49. The minimum atomic E-state index is 0.816. The highest BCUT2D eigenvalue weighted by Crippen LogP contribution is 2.25. The predicted molar refractivity (Wildman–Crippen MR) is 79.2 cm³/mol. The summed E-state index contributed by atoms with van der Waals surface area (Å²) < 4.78 is 8.04. The molecule has 2 rings (SSSR count). The number of ether oxygens (including phenoxy) is 1. The molecule has 1 N–H and O–H groups in total. The molecule has 4 nitrogen and oxygen atoms in total. The topological polar surface area (TPSA) is 39.1 Å². The molecule has 102 valence electrons. The molecule has 0 fully saturated rings. The first kappa shape index (κ1) is 14.1. The maximum atomic E-state index is 5.21. The normalized spacial score (nSPS) is 10.7. The van der Waals surface area contributed by atoms with Crippen molar-refractivity contribution in [3.8, 4) is 5.75 Å². The molecule has 0 amide bonds. The van der Waals surface area contributed by atoms with Gasteiger partial charge in [-0.15, -0.1) is 0 Å². The van der Waals surface area contributed by atoms with Crippen LogP contribution in [0.1, 0.15) is 16.8 Å². The average Bonchev–Trinajstić information content (AvgIpc) is 2.68. The van der Waals surface area contributed by atoms with Crippen molar-refractivity contribution < 1.29 is 4.74 Å². The van der Waals surface area contributed by atoms with E-state index in [1.807, 2.05) is 30.9 Å². The minimum absolute atomic E-state index is 0.816. The number of methoxy groups -OCH3 is 1. The van der Waals surface area contributed by atoms with E-state index in [2.05, 4.69) is 38.5 Å². The van der Waals surface area contributed by atoms with E-state index in [0.717, 1.165) is 29.0 Å². The Kier molecular flexibility index (Phi) is 4.61. The van der Waals surface area contributed by atoms with Crippen molar-refractivity contribution >= 4 is 15.9 Å². The van der Waals surface area contributed by atoms with Gasteiger partial charge in [-0.1, -0.05) is 6.07 Å². The zero-order chi connectivity index (χ0) is 13.8. The fourth-order valence-corrected chi connectivity index (χ4v) is 2.57. The monoisotopic (exact) mass is 323 g/mol. The molecular formula is C14H18BrN3O. The van der Waals surface area contributed by atoms with Gasteiger partial charge < -0.3 is 10.1 Å². The Bertz CT molecular complexity index is 566. The molecule has 0 saturated heterocycles. The maximum absolute atomic E-state index is 5.21. The molecule has 1 heterocycles. The van der Waals surface area contributed by atoms with E-state index in [0.29, 0.717) is 0 Å². The molecule has 1 aromatic heterocycles. The van der Waals surface area contributed by atoms with Gasteiger partial charge in [0.25, 0.3) is 0 Å². The fraction of sp³-hybridized carbons (Fsp3) is 0.357. The molecule has 1 aromatic carbocycles. The van der Waals surface area contributed by atoms with Crippen molar-refractivity contribution in [3.63, 3.8) is 0 Å². The Morgan fingerprint density at radius 3 is 2.74 bits per heavy atom. The summed E-state index contributed by atoms with van der Waals surface area (Å²) in [7, 11) is 3.61. The Hall–Kier alpha value is -1.33. The molecular weight excluding hydrogens is 306 g/mol. The summed E-state index contributed by atoms with van der Waals surface area (Å²) in [6.45, 7) is 3.67. The second-order valence-electron chi connectivity index (χ2n) is 4.49. The van der Waals surface area contributed by atoms with Gasteiger partial charge in [-0.2, -0.15) is 5.10 Å². The first-order valence-electron chi connectivity index (χ1n) is 6.12. The second kappa shape index (κ2) is 6.21. The number of halogens is 1. The van der Waals surface area contributed by atoms with E-state index in [1.165, 1.54) is 11.1 Å². The standard InChI is InChI=1S/C14H18BrN3O/c1-10-12(9-18(2)17-10)8-16-7-11-4-5-14(19-3)13(15)6-11/h4-6,9,16H,7-8H2,1-3H3. The van der Waals surface area contributed by atoms with E-state index < -0.39 is 0 Å². The smallest absolute Gasteiger partial charge is 0.133 e. The lowest BCUT2D eigenvalue weighted by molar-refractivity contribution is 0.412. The average molecular weight is 324 g/mol. The molecule has 19 heavy (non-hydrogen) atoms. The van der Waals surface area contributed by atoms with E-state index in [1.54, 1.807) is 7.11 Å². The zero-order valence-electron chi connectivity index (χ0n) is 11.4. The number of hydrogen-bond acceptors (Lipinski definition) is 3. The van der Waals surface area contributed by atoms with E-state index in [4.69, 9.17) is 4.74 Å². The van der Waals surface area contributed by atoms with Crippen molar-refractivity contribution in [2.24, 2.45) is 7.05 Å². The van der Waals surface area contributed by atoms with E-state index in [-0.39, 0.29) is 0 Å². The third-order valence-electron chi connectivity index (χ3n) is 2.98. The van der Waals surface area contributed by atoms with Gasteiger partial charge in [0.1, 0.15) is 5.75 Å². The molecule has 0 saturated carbocycles. The Morgan fingerprint density at radius 1 is 1.37 bits per heavy atom. The van der Waals surface area contributed by atoms with Gasteiger partial charge in [-0.25, -0.2) is 0 Å². The Labute approximate surface area is 121 Å². The van der Waals surface area contributed by atoms with E-state index in [9.17, 15) is 0 Å². The van der Waals surface area contributed by atoms with Crippen LogP contribution in [0.4, 0.5) is 0 Å². The van der Waals surface area contributed by atoms with Crippen LogP contribution in [-0.4, -0.2) is 16.9 Å². The zero-order valence-corrected chi connectivity index (χ0v) is 13.0. The summed E-state index contributed by atoms with van der Waals surface area (Å²) in [5.41, 5.74) is 3.52. The molecule has 0 unspecified atom stereocenters. The largest absolute Gasteiger partial charge is 0.496 e. The van der Waals surface area contributed by atoms with Crippen LogP contribution in [0.25, 0.3) is 0 Å². The molecule has 2 aromatic rings. The third-order valence-corrected chi connectivity index (χ3v) is 3.60. The number of hydrogen-bond donors (Lipinski definition) is 1. The van der Waals surface area contributed by atoms with Crippen LogP contribution in [0.15, 0.2) is 28.9 Å². The van der Waals surface area contributed by atoms with Crippen LogP contribution in [0.3, 0.4) is 0 Å². The van der Waals surface area contributed by atoms with Gasteiger partial charge in [0.15, 0.2) is 0 Å². The number of aryl methyl sites for hydroxylation is 2. The summed E-state index contributed by atoms with van der Waals surface area (Å²) in [5.74, 6) is 0.854. The van der Waals surface area contributed by atoms with Crippen molar-refractivity contribution in [2.45, 2.75) is 20.0 Å². The van der Waals surface area contributed by atoms with Gasteiger partial charge in [0.05, 0.1) is 17.3 Å². The number of rotatable bonds is 5. The van der Waals surface area contributed by atoms with Gasteiger partial charge in [0, 0.05) is 31.9 Å². The van der Waals surface area contributed by atoms with Crippen LogP contribution in [0, 0.1) is 6.92 Å². The Balaban J connectivity index is 1.92. The highest BCUT2D eigenvalue weighted by molar-refractivity contribution is 9.10. The summed E-state index contributed by atoms with van der Waals surface area (Å²) in [4.78, 5) is 0. The fourth-order valence-electron chi connectivity index (χ4n) is 1.98. The first-order chi connectivity index (χ1) is 9.10. The summed E-state index contributed by atoms with van der Waals surface area (Å²) in [6, 6.07) is 6.10. The quantitative estimate of drug-likeness (QED) is 0.919. The number of aromatic nitrogens is 2. The van der Waals surface area contributed by atoms with Crippen molar-refractivity contribution in [1.29, 1.82) is 0 Å². The van der Waals surface area contributed by atoms with Crippen LogP contribution in [-0.2, 0) is 20.1 Å². The third kappa shape index (κ3) is 3.58. The first-order valence-corrected chi connectivity index (χ1v) is 6.91. The van der Waals surface area contributed by atoms with Crippen molar-refractivity contribution in [2.75, 3.05) is 7.11 Å². The second-order valence-corrected chi connectivity index (χ2v) is 5.34. The molecule has 0 aliphatic carbocycles. The minimum Gasteiger partial charge on any atom is -0.496 e. The van der Waals surface area contributed by atoms with Crippen LogP contribution in [0.2, 0.25) is 0 Å². The highest BCUT2D eigenvalue weighted by Gasteiger charge is 2.04. The lowest BCUT2D eigenvalue weighted by Crippen LogP contribution is -2.13. The number of nitrogens with zero attached hydrogens (tertiary/aromatic N) is 2. The van der Waals surface area contributed by atoms with Crippen LogP contribution < -0.4 is 10.1 Å². The summed E-state index contributed by atoms with van der Waals surface area (Å²) in [5, 5.41) is 7.75. The molecule has 0 atom stereocenters. The van der Waals surface area contributed by atoms with Gasteiger partial charge >= 0.3 is 0 Å². The molecule has 0 aliphatic rings. The van der Waals surface area contributed by atoms with Gasteiger partial charge in [0.2, 0.25) is 0 Å². The van der Waals surface area contributed by atoms with Gasteiger partial charge in [-0.05, 0) is 40.5 Å². The van der Waals surface area contributed by atoms with Crippen LogP contribution in [0.5, 0.6) is 5.75 Å². The predicted octanol–water partition coefficient (Wildman–Crippen LogP) is 2.79. The molecule has 0 aliphatic heterocycles. The molecule has 5 heteroatoms. The highest BCUT2D eigenvalue weighted by atomic mass is 79.9. The van der Waals surface area contributed by atoms with Gasteiger partial charge in [-0.3, -0.25) is 4.68 Å². The van der Waals surface area contributed by atoms with Crippen molar-refractivity contribution in [3.05, 3.63) is 45.7 Å². The van der Waals surface area contributed by atoms with Crippen LogP contribution >= 0.6 is 15.9 Å². The Morgan fingerprint density at radius 2 is 2.16 bits per heavy atom. The lowest BCUT2D eigenvalue weighted by atomic mass is 10.2.